The van der Waals surface area contributed by atoms with Gasteiger partial charge in [-0.2, -0.15) is 0 Å². The third-order valence-electron chi connectivity index (χ3n) is 3.99. The highest BCUT2D eigenvalue weighted by molar-refractivity contribution is 5.80. The van der Waals surface area contributed by atoms with Crippen LogP contribution in [0.1, 0.15) is 32.5 Å². The van der Waals surface area contributed by atoms with Crippen molar-refractivity contribution in [2.24, 2.45) is 0 Å². The lowest BCUT2D eigenvalue weighted by molar-refractivity contribution is 0.627. The van der Waals surface area contributed by atoms with Crippen LogP contribution in [0.4, 0.5) is 8.78 Å². The molecule has 0 aliphatic rings. The van der Waals surface area contributed by atoms with Crippen LogP contribution < -0.4 is 0 Å². The van der Waals surface area contributed by atoms with Gasteiger partial charge in [0.25, 0.3) is 0 Å². The summed E-state index contributed by atoms with van der Waals surface area (Å²) in [6.45, 7) is 6.09. The van der Waals surface area contributed by atoms with Gasteiger partial charge < -0.3 is 4.57 Å². The second-order valence-electron chi connectivity index (χ2n) is 6.19. The molecular weight excluding hydrogens is 318 g/mol. The Morgan fingerprint density at radius 1 is 0.880 bits per heavy atom. The van der Waals surface area contributed by atoms with Gasteiger partial charge in [0.2, 0.25) is 0 Å². The Labute approximate surface area is 146 Å². The highest BCUT2D eigenvalue weighted by Gasteiger charge is 2.20. The molecule has 0 saturated heterocycles. The number of hydrogen-bond donors (Lipinski definition) is 0. The average Bonchev–Trinajstić information content (AvgIpc) is 2.96. The van der Waals surface area contributed by atoms with E-state index in [0.29, 0.717) is 0 Å². The van der Waals surface area contributed by atoms with Crippen LogP contribution in [0.5, 0.6) is 0 Å². The molecule has 3 aromatic rings. The number of hydrogen-bond acceptors (Lipinski definition) is 1. The Kier molecular flexibility index (Phi) is 4.79. The first-order valence-corrected chi connectivity index (χ1v) is 8.28. The van der Waals surface area contributed by atoms with E-state index in [1.54, 1.807) is 24.3 Å². The molecular formula is C21H20F2N2. The molecule has 0 radical (unpaired) electrons. The van der Waals surface area contributed by atoms with Gasteiger partial charge in [0.05, 0.1) is 11.4 Å². The van der Waals surface area contributed by atoms with Gasteiger partial charge in [0.15, 0.2) is 0 Å². The first-order valence-electron chi connectivity index (χ1n) is 8.28. The molecule has 0 amide bonds. The summed E-state index contributed by atoms with van der Waals surface area (Å²) in [6, 6.07) is 12.6. The molecule has 0 spiro atoms. The Bertz CT molecular complexity index is 889. The summed E-state index contributed by atoms with van der Waals surface area (Å²) in [7, 11) is 0. The monoisotopic (exact) mass is 338 g/mol. The maximum atomic E-state index is 13.4. The largest absolute Gasteiger partial charge is 0.303 e. The molecule has 1 heterocycles. The molecule has 0 N–H and O–H groups in total. The first-order chi connectivity index (χ1) is 12.0. The normalized spacial score (nSPS) is 11.6. The molecule has 4 heteroatoms. The zero-order valence-electron chi connectivity index (χ0n) is 14.5. The SMILES string of the molecule is C/C=C/n1c(C(C)C)nc(-c2ccc(F)cc2)c1-c1ccc(F)cc1. The number of halogens is 2. The summed E-state index contributed by atoms with van der Waals surface area (Å²) in [5, 5.41) is 0. The fourth-order valence-electron chi connectivity index (χ4n) is 2.85. The van der Waals surface area contributed by atoms with E-state index in [4.69, 9.17) is 4.98 Å². The molecule has 3 rings (SSSR count). The predicted molar refractivity (Wildman–Crippen MR) is 98.1 cm³/mol. The number of rotatable bonds is 4. The van der Waals surface area contributed by atoms with Crippen molar-refractivity contribution in [1.82, 2.24) is 9.55 Å². The summed E-state index contributed by atoms with van der Waals surface area (Å²) < 4.78 is 28.7. The van der Waals surface area contributed by atoms with Crippen molar-refractivity contribution in [1.29, 1.82) is 0 Å². The van der Waals surface area contributed by atoms with Gasteiger partial charge in [-0.25, -0.2) is 13.8 Å². The lowest BCUT2D eigenvalue weighted by Crippen LogP contribution is -2.00. The number of nitrogens with zero attached hydrogens (tertiary/aromatic N) is 2. The van der Waals surface area contributed by atoms with Crippen molar-refractivity contribution in [2.45, 2.75) is 26.7 Å². The molecule has 0 aliphatic heterocycles. The average molecular weight is 338 g/mol. The van der Waals surface area contributed by atoms with Crippen LogP contribution in [0.25, 0.3) is 28.7 Å². The zero-order valence-corrected chi connectivity index (χ0v) is 14.5. The molecule has 2 nitrogen and oxygen atoms in total. The van der Waals surface area contributed by atoms with E-state index in [1.165, 1.54) is 24.3 Å². The number of allylic oxidation sites excluding steroid dienone is 1. The summed E-state index contributed by atoms with van der Waals surface area (Å²) in [6.07, 6.45) is 3.89. The fraction of sp³-hybridized carbons (Fsp3) is 0.190. The van der Waals surface area contributed by atoms with Crippen molar-refractivity contribution >= 4 is 6.20 Å². The van der Waals surface area contributed by atoms with Crippen LogP contribution >= 0.6 is 0 Å². The topological polar surface area (TPSA) is 17.8 Å². The van der Waals surface area contributed by atoms with Crippen LogP contribution in [0.2, 0.25) is 0 Å². The minimum atomic E-state index is -0.288. The molecule has 0 unspecified atom stereocenters. The van der Waals surface area contributed by atoms with Gasteiger partial charge in [0, 0.05) is 23.2 Å². The number of benzene rings is 2. The van der Waals surface area contributed by atoms with Gasteiger partial charge >= 0.3 is 0 Å². The molecule has 1 aromatic heterocycles. The van der Waals surface area contributed by atoms with Crippen molar-refractivity contribution in [3.05, 3.63) is 72.1 Å². The molecule has 0 aliphatic carbocycles. The van der Waals surface area contributed by atoms with Gasteiger partial charge in [-0.3, -0.25) is 0 Å². The fourth-order valence-corrected chi connectivity index (χ4v) is 2.85. The van der Waals surface area contributed by atoms with E-state index in [9.17, 15) is 8.78 Å². The molecule has 128 valence electrons. The van der Waals surface area contributed by atoms with E-state index in [-0.39, 0.29) is 17.6 Å². The molecule has 0 bridgehead atoms. The maximum absolute atomic E-state index is 13.4. The van der Waals surface area contributed by atoms with E-state index < -0.39 is 0 Å². The van der Waals surface area contributed by atoms with Crippen molar-refractivity contribution in [3.8, 4) is 22.5 Å². The summed E-state index contributed by atoms with van der Waals surface area (Å²) >= 11 is 0. The van der Waals surface area contributed by atoms with Gasteiger partial charge in [-0.15, -0.1) is 0 Å². The predicted octanol–water partition coefficient (Wildman–Crippen LogP) is 6.11. The van der Waals surface area contributed by atoms with Gasteiger partial charge in [-0.1, -0.05) is 19.9 Å². The third kappa shape index (κ3) is 3.38. The van der Waals surface area contributed by atoms with E-state index in [2.05, 4.69) is 13.8 Å². The molecule has 0 saturated carbocycles. The van der Waals surface area contributed by atoms with Crippen LogP contribution in [-0.4, -0.2) is 9.55 Å². The Morgan fingerprint density at radius 2 is 1.40 bits per heavy atom. The van der Waals surface area contributed by atoms with Crippen molar-refractivity contribution in [3.63, 3.8) is 0 Å². The third-order valence-corrected chi connectivity index (χ3v) is 3.99. The highest BCUT2D eigenvalue weighted by atomic mass is 19.1. The second-order valence-corrected chi connectivity index (χ2v) is 6.19. The Balaban J connectivity index is 2.31. The lowest BCUT2D eigenvalue weighted by atomic mass is 10.0. The minimum Gasteiger partial charge on any atom is -0.303 e. The molecule has 0 fully saturated rings. The van der Waals surface area contributed by atoms with Crippen LogP contribution in [0.3, 0.4) is 0 Å². The summed E-state index contributed by atoms with van der Waals surface area (Å²) in [4.78, 5) is 4.82. The van der Waals surface area contributed by atoms with E-state index >= 15 is 0 Å². The lowest BCUT2D eigenvalue weighted by Gasteiger charge is -2.10. The number of imidazole rings is 1. The molecule has 25 heavy (non-hydrogen) atoms. The summed E-state index contributed by atoms with van der Waals surface area (Å²) in [5.41, 5.74) is 3.31. The standard InChI is InChI=1S/C21H20F2N2/c1-4-13-25-20(16-7-11-18(23)12-8-16)19(24-21(25)14(2)3)15-5-9-17(22)10-6-15/h4-14H,1-3H3/b13-4+. The highest BCUT2D eigenvalue weighted by Crippen LogP contribution is 2.35. The van der Waals surface area contributed by atoms with Crippen LogP contribution in [0.15, 0.2) is 54.6 Å². The Morgan fingerprint density at radius 3 is 1.88 bits per heavy atom. The smallest absolute Gasteiger partial charge is 0.123 e. The van der Waals surface area contributed by atoms with E-state index in [1.807, 2.05) is 23.8 Å². The molecule has 2 aromatic carbocycles. The van der Waals surface area contributed by atoms with Crippen molar-refractivity contribution < 1.29 is 8.78 Å². The number of aromatic nitrogens is 2. The summed E-state index contributed by atoms with van der Waals surface area (Å²) in [5.74, 6) is 0.527. The van der Waals surface area contributed by atoms with Gasteiger partial charge in [0.1, 0.15) is 17.5 Å². The first kappa shape index (κ1) is 17.1. The van der Waals surface area contributed by atoms with Crippen LogP contribution in [-0.2, 0) is 0 Å². The zero-order chi connectivity index (χ0) is 18.0. The van der Waals surface area contributed by atoms with E-state index in [0.717, 1.165) is 28.3 Å². The molecule has 0 atom stereocenters. The quantitative estimate of drug-likeness (QED) is 0.561. The van der Waals surface area contributed by atoms with Crippen molar-refractivity contribution in [2.75, 3.05) is 0 Å². The second kappa shape index (κ2) is 7.01. The Hall–Kier alpha value is -2.75. The van der Waals surface area contributed by atoms with Gasteiger partial charge in [-0.05, 0) is 55.5 Å². The maximum Gasteiger partial charge on any atom is 0.123 e. The van der Waals surface area contributed by atoms with Crippen LogP contribution in [0, 0.1) is 11.6 Å². The minimum absolute atomic E-state index is 0.199.